The summed E-state index contributed by atoms with van der Waals surface area (Å²) >= 11 is 0. The smallest absolute Gasteiger partial charge is 0.262 e. The Bertz CT molecular complexity index is 951. The Balaban J connectivity index is 1.75. The van der Waals surface area contributed by atoms with Crippen LogP contribution in [0.2, 0.25) is 0 Å². The Kier molecular flexibility index (Phi) is 5.31. The summed E-state index contributed by atoms with van der Waals surface area (Å²) in [7, 11) is 0. The van der Waals surface area contributed by atoms with Gasteiger partial charge in [0.15, 0.2) is 0 Å². The summed E-state index contributed by atoms with van der Waals surface area (Å²) in [6.07, 6.45) is 1.46. The van der Waals surface area contributed by atoms with E-state index in [1.54, 1.807) is 6.07 Å². The molecule has 2 aromatic carbocycles. The molecule has 0 saturated heterocycles. The van der Waals surface area contributed by atoms with Crippen LogP contribution < -0.4 is 5.32 Å². The van der Waals surface area contributed by atoms with Gasteiger partial charge in [0.1, 0.15) is 23.2 Å². The molecule has 3 rings (SSSR count). The maximum absolute atomic E-state index is 12.4. The lowest BCUT2D eigenvalue weighted by Crippen LogP contribution is -2.27. The van der Waals surface area contributed by atoms with Crippen molar-refractivity contribution in [1.29, 1.82) is 5.26 Å². The first kappa shape index (κ1) is 17.2. The molecule has 4 heteroatoms. The second kappa shape index (κ2) is 8.00. The van der Waals surface area contributed by atoms with Crippen LogP contribution in [0.5, 0.6) is 0 Å². The van der Waals surface area contributed by atoms with E-state index in [1.165, 1.54) is 6.08 Å². The average Bonchev–Trinajstić information content (AvgIpc) is 3.16. The first-order chi connectivity index (χ1) is 12.7. The van der Waals surface area contributed by atoms with Crippen LogP contribution in [0, 0.1) is 11.3 Å². The van der Waals surface area contributed by atoms with Crippen LogP contribution >= 0.6 is 0 Å². The highest BCUT2D eigenvalue weighted by molar-refractivity contribution is 6.01. The number of nitrogens with zero attached hydrogens (tertiary/aromatic N) is 1. The zero-order chi connectivity index (χ0) is 18.4. The molecule has 0 aliphatic rings. The summed E-state index contributed by atoms with van der Waals surface area (Å²) < 4.78 is 5.73. The van der Waals surface area contributed by atoms with Gasteiger partial charge in [0.2, 0.25) is 0 Å². The maximum Gasteiger partial charge on any atom is 0.262 e. The first-order valence-electron chi connectivity index (χ1n) is 8.30. The van der Waals surface area contributed by atoms with Gasteiger partial charge in [0.05, 0.1) is 6.04 Å². The molecule has 128 valence electrons. The molecule has 3 aromatic rings. The summed E-state index contributed by atoms with van der Waals surface area (Å²) in [5, 5.41) is 12.2. The molecule has 0 aliphatic heterocycles. The van der Waals surface area contributed by atoms with E-state index in [0.717, 1.165) is 11.1 Å². The van der Waals surface area contributed by atoms with Gasteiger partial charge in [-0.05, 0) is 24.6 Å². The Morgan fingerprint density at radius 3 is 2.35 bits per heavy atom. The highest BCUT2D eigenvalue weighted by Crippen LogP contribution is 2.23. The number of carbonyl (C=O) groups is 1. The molecule has 26 heavy (non-hydrogen) atoms. The summed E-state index contributed by atoms with van der Waals surface area (Å²) in [5.74, 6) is 0.719. The number of benzene rings is 2. The number of hydrogen-bond acceptors (Lipinski definition) is 3. The molecular formula is C22H18N2O2. The van der Waals surface area contributed by atoms with E-state index in [9.17, 15) is 10.1 Å². The van der Waals surface area contributed by atoms with Gasteiger partial charge in [-0.15, -0.1) is 0 Å². The molecule has 1 N–H and O–H groups in total. The fourth-order valence-corrected chi connectivity index (χ4v) is 2.58. The molecule has 1 unspecified atom stereocenters. The third-order valence-electron chi connectivity index (χ3n) is 3.98. The van der Waals surface area contributed by atoms with Gasteiger partial charge in [-0.3, -0.25) is 4.79 Å². The lowest BCUT2D eigenvalue weighted by molar-refractivity contribution is -0.117. The Morgan fingerprint density at radius 2 is 1.69 bits per heavy atom. The molecule has 4 nitrogen and oxygen atoms in total. The van der Waals surface area contributed by atoms with Crippen molar-refractivity contribution in [1.82, 2.24) is 5.32 Å². The summed E-state index contributed by atoms with van der Waals surface area (Å²) in [4.78, 5) is 12.4. The highest BCUT2D eigenvalue weighted by Gasteiger charge is 2.14. The minimum Gasteiger partial charge on any atom is -0.457 e. The van der Waals surface area contributed by atoms with Crippen LogP contribution in [0.1, 0.15) is 24.3 Å². The second-order valence-corrected chi connectivity index (χ2v) is 5.84. The van der Waals surface area contributed by atoms with Crippen molar-refractivity contribution in [3.63, 3.8) is 0 Å². The monoisotopic (exact) mass is 342 g/mol. The summed E-state index contributed by atoms with van der Waals surface area (Å²) in [5.41, 5.74) is 1.91. The molecule has 0 aliphatic carbocycles. The topological polar surface area (TPSA) is 66.0 Å². The predicted molar refractivity (Wildman–Crippen MR) is 101 cm³/mol. The Hall–Kier alpha value is -3.58. The van der Waals surface area contributed by atoms with Crippen molar-refractivity contribution in [3.8, 4) is 17.4 Å². The average molecular weight is 342 g/mol. The van der Waals surface area contributed by atoms with Crippen molar-refractivity contribution in [3.05, 3.63) is 89.7 Å². The van der Waals surface area contributed by atoms with Gasteiger partial charge in [0, 0.05) is 11.6 Å². The van der Waals surface area contributed by atoms with Crippen molar-refractivity contribution >= 4 is 12.0 Å². The third kappa shape index (κ3) is 4.08. The number of rotatable bonds is 5. The van der Waals surface area contributed by atoms with E-state index >= 15 is 0 Å². The van der Waals surface area contributed by atoms with Crippen molar-refractivity contribution in [2.24, 2.45) is 0 Å². The Labute approximate surface area is 152 Å². The van der Waals surface area contributed by atoms with Crippen LogP contribution in [-0.4, -0.2) is 5.91 Å². The molecule has 0 radical (unpaired) electrons. The van der Waals surface area contributed by atoms with Crippen molar-refractivity contribution in [2.75, 3.05) is 0 Å². The number of furan rings is 1. The minimum atomic E-state index is -0.429. The van der Waals surface area contributed by atoms with Gasteiger partial charge in [-0.1, -0.05) is 60.7 Å². The lowest BCUT2D eigenvalue weighted by atomic mass is 10.1. The summed E-state index contributed by atoms with van der Waals surface area (Å²) in [6.45, 7) is 1.88. The normalized spacial score (nSPS) is 12.2. The van der Waals surface area contributed by atoms with Crippen LogP contribution in [0.15, 0.2) is 82.8 Å². The molecule has 1 aromatic heterocycles. The van der Waals surface area contributed by atoms with E-state index < -0.39 is 5.91 Å². The molecule has 1 heterocycles. The molecule has 1 atom stereocenters. The maximum atomic E-state index is 12.4. The number of carbonyl (C=O) groups excluding carboxylic acids is 1. The molecule has 0 bridgehead atoms. The molecule has 1 amide bonds. The van der Waals surface area contributed by atoms with Crippen LogP contribution in [0.4, 0.5) is 0 Å². The van der Waals surface area contributed by atoms with Crippen molar-refractivity contribution < 1.29 is 9.21 Å². The Morgan fingerprint density at radius 1 is 1.04 bits per heavy atom. The van der Waals surface area contributed by atoms with E-state index in [-0.39, 0.29) is 11.6 Å². The summed E-state index contributed by atoms with van der Waals surface area (Å²) in [6, 6.07) is 24.6. The quantitative estimate of drug-likeness (QED) is 0.538. The predicted octanol–water partition coefficient (Wildman–Crippen LogP) is 4.73. The van der Waals surface area contributed by atoms with Crippen molar-refractivity contribution in [2.45, 2.75) is 13.0 Å². The SMILES string of the molecule is CC(NC(=O)C(C#N)=Cc1ccc(-c2ccccc2)o1)c1ccccc1. The number of nitrogens with one attached hydrogen (secondary N) is 1. The highest BCUT2D eigenvalue weighted by atomic mass is 16.3. The number of hydrogen-bond donors (Lipinski definition) is 1. The largest absolute Gasteiger partial charge is 0.457 e. The van der Waals surface area contributed by atoms with Gasteiger partial charge in [-0.25, -0.2) is 0 Å². The van der Waals surface area contributed by atoms with Crippen LogP contribution in [0.25, 0.3) is 17.4 Å². The van der Waals surface area contributed by atoms with Gasteiger partial charge >= 0.3 is 0 Å². The molecule has 0 fully saturated rings. The lowest BCUT2D eigenvalue weighted by Gasteiger charge is -2.13. The van der Waals surface area contributed by atoms with E-state index in [0.29, 0.717) is 11.5 Å². The molecule has 0 spiro atoms. The molecular weight excluding hydrogens is 324 g/mol. The number of amides is 1. The van der Waals surface area contributed by atoms with Gasteiger partial charge in [0.25, 0.3) is 5.91 Å². The zero-order valence-electron chi connectivity index (χ0n) is 14.3. The third-order valence-corrected chi connectivity index (χ3v) is 3.98. The van der Waals surface area contributed by atoms with Crippen LogP contribution in [-0.2, 0) is 4.79 Å². The second-order valence-electron chi connectivity index (χ2n) is 5.84. The van der Waals surface area contributed by atoms with Gasteiger partial charge in [-0.2, -0.15) is 5.26 Å². The fraction of sp³-hybridized carbons (Fsp3) is 0.0909. The van der Waals surface area contributed by atoms with Crippen LogP contribution in [0.3, 0.4) is 0 Å². The number of nitriles is 1. The zero-order valence-corrected chi connectivity index (χ0v) is 14.3. The van der Waals surface area contributed by atoms with Gasteiger partial charge < -0.3 is 9.73 Å². The molecule has 0 saturated carbocycles. The van der Waals surface area contributed by atoms with E-state index in [4.69, 9.17) is 4.42 Å². The minimum absolute atomic E-state index is 0.00161. The fourth-order valence-electron chi connectivity index (χ4n) is 2.58. The van der Waals surface area contributed by atoms with E-state index in [2.05, 4.69) is 5.32 Å². The van der Waals surface area contributed by atoms with E-state index in [1.807, 2.05) is 79.7 Å². The standard InChI is InChI=1S/C22H18N2O2/c1-16(17-8-4-2-5-9-17)24-22(25)19(15-23)14-20-12-13-21(26-20)18-10-6-3-7-11-18/h2-14,16H,1H3,(H,24,25). The first-order valence-corrected chi connectivity index (χ1v) is 8.30.